The van der Waals surface area contributed by atoms with Gasteiger partial charge in [0, 0.05) is 6.04 Å². The molecular formula is C19H23NO4S. The third kappa shape index (κ3) is 4.72. The van der Waals surface area contributed by atoms with Crippen LogP contribution in [0, 0.1) is 6.92 Å². The third-order valence-corrected chi connectivity index (χ3v) is 6.05. The second-order valence-electron chi connectivity index (χ2n) is 6.68. The van der Waals surface area contributed by atoms with Gasteiger partial charge in [-0.05, 0) is 43.0 Å². The van der Waals surface area contributed by atoms with Gasteiger partial charge in [-0.2, -0.15) is 0 Å². The van der Waals surface area contributed by atoms with Crippen molar-refractivity contribution in [2.75, 3.05) is 0 Å². The SMILES string of the molecule is Cc1ccccc1CS(=O)(=O)Cc1ccc(C(=O)NC2CCCC2)o1. The van der Waals surface area contributed by atoms with Crippen LogP contribution in [-0.4, -0.2) is 20.4 Å². The zero-order valence-electron chi connectivity index (χ0n) is 14.3. The van der Waals surface area contributed by atoms with Crippen molar-refractivity contribution in [3.8, 4) is 0 Å². The van der Waals surface area contributed by atoms with E-state index in [1.165, 1.54) is 0 Å². The molecule has 1 aliphatic rings. The molecule has 1 saturated carbocycles. The summed E-state index contributed by atoms with van der Waals surface area (Å²) < 4.78 is 30.3. The Balaban J connectivity index is 1.63. The summed E-state index contributed by atoms with van der Waals surface area (Å²) in [5.74, 6) is -0.0465. The van der Waals surface area contributed by atoms with E-state index in [1.54, 1.807) is 12.1 Å². The van der Waals surface area contributed by atoms with E-state index in [4.69, 9.17) is 4.42 Å². The molecule has 1 N–H and O–H groups in total. The number of sulfone groups is 1. The molecule has 1 heterocycles. The summed E-state index contributed by atoms with van der Waals surface area (Å²) in [6.45, 7) is 1.89. The molecule has 3 rings (SSSR count). The Hall–Kier alpha value is -2.08. The van der Waals surface area contributed by atoms with Gasteiger partial charge < -0.3 is 9.73 Å². The minimum Gasteiger partial charge on any atom is -0.455 e. The third-order valence-electron chi connectivity index (χ3n) is 4.57. The molecule has 134 valence electrons. The molecule has 1 aromatic heterocycles. The van der Waals surface area contributed by atoms with Gasteiger partial charge in [0.05, 0.1) is 5.75 Å². The Morgan fingerprint density at radius 2 is 1.84 bits per heavy atom. The Morgan fingerprint density at radius 1 is 1.12 bits per heavy atom. The summed E-state index contributed by atoms with van der Waals surface area (Å²) in [4.78, 5) is 12.2. The number of aryl methyl sites for hydroxylation is 1. The zero-order chi connectivity index (χ0) is 17.9. The first-order chi connectivity index (χ1) is 11.9. The molecule has 0 aliphatic heterocycles. The van der Waals surface area contributed by atoms with Gasteiger partial charge in [0.2, 0.25) is 0 Å². The molecule has 25 heavy (non-hydrogen) atoms. The second-order valence-corrected chi connectivity index (χ2v) is 8.74. The average Bonchev–Trinajstić information content (AvgIpc) is 3.21. The van der Waals surface area contributed by atoms with Gasteiger partial charge in [0.1, 0.15) is 11.5 Å². The number of benzene rings is 1. The highest BCUT2D eigenvalue weighted by atomic mass is 32.2. The molecule has 1 amide bonds. The summed E-state index contributed by atoms with van der Waals surface area (Å²) in [5, 5.41) is 2.94. The molecule has 0 radical (unpaired) electrons. The number of rotatable bonds is 6. The lowest BCUT2D eigenvalue weighted by molar-refractivity contribution is 0.0908. The van der Waals surface area contributed by atoms with E-state index < -0.39 is 9.84 Å². The van der Waals surface area contributed by atoms with Crippen molar-refractivity contribution >= 4 is 15.7 Å². The van der Waals surface area contributed by atoms with Crippen LogP contribution in [0.4, 0.5) is 0 Å². The van der Waals surface area contributed by atoms with Crippen LogP contribution < -0.4 is 5.32 Å². The number of furan rings is 1. The quantitative estimate of drug-likeness (QED) is 0.856. The molecule has 6 heteroatoms. The normalized spacial score (nSPS) is 15.4. The van der Waals surface area contributed by atoms with Crippen molar-refractivity contribution in [3.63, 3.8) is 0 Å². The minimum absolute atomic E-state index is 0.0377. The first-order valence-corrected chi connectivity index (χ1v) is 10.4. The van der Waals surface area contributed by atoms with E-state index in [1.807, 2.05) is 31.2 Å². The van der Waals surface area contributed by atoms with E-state index in [0.29, 0.717) is 5.76 Å². The molecule has 2 aromatic rings. The van der Waals surface area contributed by atoms with Crippen LogP contribution in [0.2, 0.25) is 0 Å². The molecule has 1 aromatic carbocycles. The van der Waals surface area contributed by atoms with Gasteiger partial charge in [-0.15, -0.1) is 0 Å². The second kappa shape index (κ2) is 7.44. The number of hydrogen-bond donors (Lipinski definition) is 1. The summed E-state index contributed by atoms with van der Waals surface area (Å²) in [7, 11) is -3.37. The van der Waals surface area contributed by atoms with Crippen molar-refractivity contribution in [1.82, 2.24) is 5.32 Å². The van der Waals surface area contributed by atoms with Crippen LogP contribution in [0.15, 0.2) is 40.8 Å². The first kappa shape index (κ1) is 17.7. The largest absolute Gasteiger partial charge is 0.455 e. The molecule has 0 unspecified atom stereocenters. The van der Waals surface area contributed by atoms with Gasteiger partial charge in [-0.1, -0.05) is 37.1 Å². The molecule has 5 nitrogen and oxygen atoms in total. The topological polar surface area (TPSA) is 76.4 Å². The summed E-state index contributed by atoms with van der Waals surface area (Å²) in [6, 6.07) is 10.7. The minimum atomic E-state index is -3.37. The Morgan fingerprint density at radius 3 is 2.56 bits per heavy atom. The van der Waals surface area contributed by atoms with Gasteiger partial charge in [0.15, 0.2) is 15.6 Å². The predicted octanol–water partition coefficient (Wildman–Crippen LogP) is 3.38. The summed E-state index contributed by atoms with van der Waals surface area (Å²) in [6.07, 6.45) is 4.24. The summed E-state index contributed by atoms with van der Waals surface area (Å²) >= 11 is 0. The van der Waals surface area contributed by atoms with Gasteiger partial charge in [-0.3, -0.25) is 4.79 Å². The van der Waals surface area contributed by atoms with Gasteiger partial charge in [-0.25, -0.2) is 8.42 Å². The van der Waals surface area contributed by atoms with Crippen LogP contribution in [0.25, 0.3) is 0 Å². The van der Waals surface area contributed by atoms with Crippen molar-refractivity contribution in [1.29, 1.82) is 0 Å². The average molecular weight is 361 g/mol. The molecule has 1 fully saturated rings. The highest BCUT2D eigenvalue weighted by Crippen LogP contribution is 2.20. The van der Waals surface area contributed by atoms with Crippen molar-refractivity contribution in [2.24, 2.45) is 0 Å². The number of amides is 1. The molecular weight excluding hydrogens is 338 g/mol. The Labute approximate surface area is 148 Å². The van der Waals surface area contributed by atoms with Crippen LogP contribution >= 0.6 is 0 Å². The highest BCUT2D eigenvalue weighted by molar-refractivity contribution is 7.89. The van der Waals surface area contributed by atoms with E-state index in [-0.39, 0.29) is 29.2 Å². The molecule has 0 bridgehead atoms. The monoisotopic (exact) mass is 361 g/mol. The van der Waals surface area contributed by atoms with Crippen LogP contribution in [0.3, 0.4) is 0 Å². The number of carbonyl (C=O) groups is 1. The molecule has 0 atom stereocenters. The van der Waals surface area contributed by atoms with Crippen molar-refractivity contribution in [2.45, 2.75) is 50.2 Å². The number of carbonyl (C=O) groups excluding carboxylic acids is 1. The number of hydrogen-bond acceptors (Lipinski definition) is 4. The Kier molecular flexibility index (Phi) is 5.27. The van der Waals surface area contributed by atoms with E-state index in [0.717, 1.165) is 36.8 Å². The zero-order valence-corrected chi connectivity index (χ0v) is 15.1. The first-order valence-electron chi connectivity index (χ1n) is 8.57. The highest BCUT2D eigenvalue weighted by Gasteiger charge is 2.21. The Bertz CT molecular complexity index is 848. The van der Waals surface area contributed by atoms with Crippen molar-refractivity contribution < 1.29 is 17.6 Å². The van der Waals surface area contributed by atoms with E-state index in [2.05, 4.69) is 5.32 Å². The van der Waals surface area contributed by atoms with Crippen LogP contribution in [-0.2, 0) is 21.3 Å². The lowest BCUT2D eigenvalue weighted by Crippen LogP contribution is -2.32. The predicted molar refractivity (Wildman–Crippen MR) is 95.9 cm³/mol. The van der Waals surface area contributed by atoms with Crippen LogP contribution in [0.1, 0.15) is 53.1 Å². The fourth-order valence-electron chi connectivity index (χ4n) is 3.18. The maximum absolute atomic E-state index is 12.4. The molecule has 1 aliphatic carbocycles. The maximum atomic E-state index is 12.4. The lowest BCUT2D eigenvalue weighted by atomic mass is 10.1. The van der Waals surface area contributed by atoms with E-state index in [9.17, 15) is 13.2 Å². The fourth-order valence-corrected chi connectivity index (χ4v) is 4.67. The molecule has 0 spiro atoms. The standard InChI is InChI=1S/C19H23NO4S/c1-14-6-2-3-7-15(14)12-25(22,23)13-17-10-11-18(24-17)19(21)20-16-8-4-5-9-16/h2-3,6-7,10-11,16H,4-5,8-9,12-13H2,1H3,(H,20,21). The van der Waals surface area contributed by atoms with Crippen molar-refractivity contribution in [3.05, 3.63) is 59.0 Å². The van der Waals surface area contributed by atoms with Crippen LogP contribution in [0.5, 0.6) is 0 Å². The van der Waals surface area contributed by atoms with E-state index >= 15 is 0 Å². The fraction of sp³-hybridized carbons (Fsp3) is 0.421. The summed E-state index contributed by atoms with van der Waals surface area (Å²) in [5.41, 5.74) is 1.73. The maximum Gasteiger partial charge on any atom is 0.287 e. The number of nitrogens with one attached hydrogen (secondary N) is 1. The van der Waals surface area contributed by atoms with Gasteiger partial charge in [0.25, 0.3) is 5.91 Å². The lowest BCUT2D eigenvalue weighted by Gasteiger charge is -2.10. The smallest absolute Gasteiger partial charge is 0.287 e. The molecule has 0 saturated heterocycles. The van der Waals surface area contributed by atoms with Gasteiger partial charge >= 0.3 is 0 Å².